The van der Waals surface area contributed by atoms with Crippen LogP contribution in [0.3, 0.4) is 0 Å². The molecule has 1 unspecified atom stereocenters. The Bertz CT molecular complexity index is 1060. The molecule has 4 heterocycles. The van der Waals surface area contributed by atoms with Gasteiger partial charge >= 0.3 is 0 Å². The molecule has 158 valence electrons. The average Bonchev–Trinajstić information content (AvgIpc) is 3.31. The fraction of sp³-hybridized carbons (Fsp3) is 0.455. The number of thiophene rings is 1. The van der Waals surface area contributed by atoms with Crippen LogP contribution in [0.25, 0.3) is 17.2 Å². The monoisotopic (exact) mass is 425 g/mol. The summed E-state index contributed by atoms with van der Waals surface area (Å²) in [6.45, 7) is 7.33. The summed E-state index contributed by atoms with van der Waals surface area (Å²) in [7, 11) is 1.61. The second-order valence-electron chi connectivity index (χ2n) is 7.76. The highest BCUT2D eigenvalue weighted by Crippen LogP contribution is 2.29. The Balaban J connectivity index is 1.72. The molecule has 1 fully saturated rings. The van der Waals surface area contributed by atoms with E-state index < -0.39 is 0 Å². The molecule has 1 aliphatic heterocycles. The smallest absolute Gasteiger partial charge is 0.257 e. The Morgan fingerprint density at radius 2 is 2.17 bits per heavy atom. The second-order valence-corrected chi connectivity index (χ2v) is 9.22. The molecule has 3 aromatic heterocycles. The SMILES string of the molecule is COCc1c(C(=O)N2CCCCC2C)cnn1-c1nccc(-c2cc(C)sc2C)n1. The van der Waals surface area contributed by atoms with E-state index in [1.807, 2.05) is 11.0 Å². The van der Waals surface area contributed by atoms with Gasteiger partial charge in [0.15, 0.2) is 0 Å². The first-order chi connectivity index (χ1) is 14.5. The first kappa shape index (κ1) is 20.7. The minimum absolute atomic E-state index is 0.000887. The maximum atomic E-state index is 13.3. The zero-order valence-corrected chi connectivity index (χ0v) is 18.7. The second kappa shape index (κ2) is 8.65. The van der Waals surface area contributed by atoms with E-state index in [9.17, 15) is 4.79 Å². The van der Waals surface area contributed by atoms with Gasteiger partial charge in [0.05, 0.1) is 29.8 Å². The molecule has 1 saturated heterocycles. The van der Waals surface area contributed by atoms with E-state index in [1.54, 1.807) is 35.5 Å². The van der Waals surface area contributed by atoms with Crippen molar-refractivity contribution in [1.82, 2.24) is 24.6 Å². The molecule has 0 N–H and O–H groups in total. The third-order valence-corrected chi connectivity index (χ3v) is 6.56. The lowest BCUT2D eigenvalue weighted by Gasteiger charge is -2.33. The number of amides is 1. The van der Waals surface area contributed by atoms with Crippen molar-refractivity contribution < 1.29 is 9.53 Å². The third-order valence-electron chi connectivity index (χ3n) is 5.59. The number of piperidine rings is 1. The Labute approximate surface area is 180 Å². The normalized spacial score (nSPS) is 16.8. The highest BCUT2D eigenvalue weighted by Gasteiger charge is 2.28. The number of rotatable bonds is 5. The summed E-state index contributed by atoms with van der Waals surface area (Å²) in [4.78, 5) is 26.8. The van der Waals surface area contributed by atoms with Crippen LogP contribution in [-0.2, 0) is 11.3 Å². The van der Waals surface area contributed by atoms with Crippen molar-refractivity contribution in [3.63, 3.8) is 0 Å². The van der Waals surface area contributed by atoms with Crippen molar-refractivity contribution in [3.05, 3.63) is 45.5 Å². The van der Waals surface area contributed by atoms with E-state index in [-0.39, 0.29) is 18.6 Å². The number of methoxy groups -OCH3 is 1. The molecular formula is C22H27N5O2S. The molecule has 4 rings (SSSR count). The Morgan fingerprint density at radius 3 is 2.87 bits per heavy atom. The fourth-order valence-electron chi connectivity index (χ4n) is 4.04. The van der Waals surface area contributed by atoms with E-state index in [0.29, 0.717) is 17.2 Å². The van der Waals surface area contributed by atoms with E-state index >= 15 is 0 Å². The van der Waals surface area contributed by atoms with Crippen molar-refractivity contribution in [2.75, 3.05) is 13.7 Å². The molecule has 0 aliphatic carbocycles. The molecule has 0 saturated carbocycles. The predicted molar refractivity (Wildman–Crippen MR) is 117 cm³/mol. The third kappa shape index (κ3) is 3.89. The van der Waals surface area contributed by atoms with Crippen LogP contribution in [0.1, 0.15) is 52.0 Å². The molecular weight excluding hydrogens is 398 g/mol. The molecule has 0 radical (unpaired) electrons. The number of nitrogens with zero attached hydrogens (tertiary/aromatic N) is 5. The van der Waals surface area contributed by atoms with Gasteiger partial charge in [0.25, 0.3) is 11.9 Å². The van der Waals surface area contributed by atoms with Crippen molar-refractivity contribution in [3.8, 4) is 17.2 Å². The van der Waals surface area contributed by atoms with Gasteiger partial charge in [-0.05, 0) is 52.2 Å². The Morgan fingerprint density at radius 1 is 1.33 bits per heavy atom. The molecule has 7 nitrogen and oxygen atoms in total. The fourth-order valence-corrected chi connectivity index (χ4v) is 4.97. The van der Waals surface area contributed by atoms with Crippen LogP contribution in [0.15, 0.2) is 24.5 Å². The number of likely N-dealkylation sites (tertiary alicyclic amines) is 1. The summed E-state index contributed by atoms with van der Waals surface area (Å²) < 4.78 is 7.03. The number of aryl methyl sites for hydroxylation is 2. The molecule has 3 aromatic rings. The minimum atomic E-state index is 0.000887. The summed E-state index contributed by atoms with van der Waals surface area (Å²) in [5.74, 6) is 0.439. The number of hydrogen-bond acceptors (Lipinski definition) is 6. The van der Waals surface area contributed by atoms with Crippen LogP contribution in [0.2, 0.25) is 0 Å². The van der Waals surface area contributed by atoms with Crippen LogP contribution in [0, 0.1) is 13.8 Å². The van der Waals surface area contributed by atoms with Crippen LogP contribution >= 0.6 is 11.3 Å². The molecule has 0 spiro atoms. The number of hydrogen-bond donors (Lipinski definition) is 0. The van der Waals surface area contributed by atoms with E-state index in [4.69, 9.17) is 9.72 Å². The van der Waals surface area contributed by atoms with Gasteiger partial charge in [-0.3, -0.25) is 4.79 Å². The van der Waals surface area contributed by atoms with Gasteiger partial charge in [0, 0.05) is 41.2 Å². The number of aromatic nitrogens is 4. The van der Waals surface area contributed by atoms with Crippen LogP contribution < -0.4 is 0 Å². The molecule has 1 amide bonds. The van der Waals surface area contributed by atoms with E-state index in [0.717, 1.165) is 37.1 Å². The predicted octanol–water partition coefficient (Wildman–Crippen LogP) is 4.17. The first-order valence-electron chi connectivity index (χ1n) is 10.3. The first-order valence-corrected chi connectivity index (χ1v) is 11.1. The average molecular weight is 426 g/mol. The van der Waals surface area contributed by atoms with Crippen molar-refractivity contribution in [1.29, 1.82) is 0 Å². The van der Waals surface area contributed by atoms with Crippen molar-refractivity contribution in [2.45, 2.75) is 52.7 Å². The zero-order chi connectivity index (χ0) is 21.3. The molecule has 1 aliphatic rings. The van der Waals surface area contributed by atoms with Gasteiger partial charge in [-0.25, -0.2) is 9.97 Å². The lowest BCUT2D eigenvalue weighted by molar-refractivity contribution is 0.0630. The molecule has 1 atom stereocenters. The van der Waals surface area contributed by atoms with Gasteiger partial charge in [0.2, 0.25) is 0 Å². The van der Waals surface area contributed by atoms with Gasteiger partial charge < -0.3 is 9.64 Å². The molecule has 0 aromatic carbocycles. The maximum absolute atomic E-state index is 13.3. The van der Waals surface area contributed by atoms with Crippen LogP contribution in [-0.4, -0.2) is 50.3 Å². The number of carbonyl (C=O) groups is 1. The van der Waals surface area contributed by atoms with Crippen molar-refractivity contribution >= 4 is 17.2 Å². The quantitative estimate of drug-likeness (QED) is 0.613. The largest absolute Gasteiger partial charge is 0.378 e. The summed E-state index contributed by atoms with van der Waals surface area (Å²) >= 11 is 1.75. The molecule has 0 bridgehead atoms. The zero-order valence-electron chi connectivity index (χ0n) is 17.9. The van der Waals surface area contributed by atoms with Crippen molar-refractivity contribution in [2.24, 2.45) is 0 Å². The number of ether oxygens (including phenoxy) is 1. The Hall–Kier alpha value is -2.58. The van der Waals surface area contributed by atoms with Gasteiger partial charge in [0.1, 0.15) is 0 Å². The van der Waals surface area contributed by atoms with E-state index in [1.165, 1.54) is 9.75 Å². The Kier molecular flexibility index (Phi) is 5.97. The topological polar surface area (TPSA) is 73.1 Å². The highest BCUT2D eigenvalue weighted by atomic mass is 32.1. The summed E-state index contributed by atoms with van der Waals surface area (Å²) in [6, 6.07) is 4.27. The minimum Gasteiger partial charge on any atom is -0.378 e. The maximum Gasteiger partial charge on any atom is 0.257 e. The highest BCUT2D eigenvalue weighted by molar-refractivity contribution is 7.12. The molecule has 8 heteroatoms. The number of carbonyl (C=O) groups excluding carboxylic acids is 1. The van der Waals surface area contributed by atoms with Gasteiger partial charge in [-0.15, -0.1) is 11.3 Å². The summed E-state index contributed by atoms with van der Waals surface area (Å²) in [5.41, 5.74) is 3.18. The van der Waals surface area contributed by atoms with Gasteiger partial charge in [-0.2, -0.15) is 9.78 Å². The van der Waals surface area contributed by atoms with E-state index in [2.05, 4.69) is 36.9 Å². The van der Waals surface area contributed by atoms with Crippen LogP contribution in [0.4, 0.5) is 0 Å². The summed E-state index contributed by atoms with van der Waals surface area (Å²) in [5, 5.41) is 4.48. The van der Waals surface area contributed by atoms with Crippen LogP contribution in [0.5, 0.6) is 0 Å². The standard InChI is InChI=1S/C22H27N5O2S/c1-14-7-5-6-10-26(14)21(28)18-12-24-27(20(18)13-29-4)22-23-9-8-19(25-22)17-11-15(2)30-16(17)3/h8-9,11-12,14H,5-7,10,13H2,1-4H3. The lowest BCUT2D eigenvalue weighted by Crippen LogP contribution is -2.42. The van der Waals surface area contributed by atoms with Gasteiger partial charge in [-0.1, -0.05) is 0 Å². The molecule has 30 heavy (non-hydrogen) atoms. The summed E-state index contributed by atoms with van der Waals surface area (Å²) in [6.07, 6.45) is 6.58. The lowest BCUT2D eigenvalue weighted by atomic mass is 10.0.